The predicted octanol–water partition coefficient (Wildman–Crippen LogP) is 0.566. The van der Waals surface area contributed by atoms with Gasteiger partial charge in [0.1, 0.15) is 5.15 Å². The molecule has 0 aliphatic heterocycles. The van der Waals surface area contributed by atoms with Crippen molar-refractivity contribution in [1.29, 1.82) is 0 Å². The van der Waals surface area contributed by atoms with Gasteiger partial charge < -0.3 is 9.09 Å². The van der Waals surface area contributed by atoms with Gasteiger partial charge in [0.05, 0.1) is 6.33 Å². The number of nitrogens with one attached hydrogen (secondary N) is 1. The zero-order valence-electron chi connectivity index (χ0n) is 8.88. The van der Waals surface area contributed by atoms with E-state index >= 15 is 0 Å². The van der Waals surface area contributed by atoms with E-state index in [0.717, 1.165) is 0 Å². The second kappa shape index (κ2) is 4.00. The molecule has 0 radical (unpaired) electrons. The topological polar surface area (TPSA) is 103 Å². The maximum atomic E-state index is 11.8. The number of anilines is 1. The van der Waals surface area contributed by atoms with E-state index in [1.165, 1.54) is 10.9 Å². The molecule has 0 aliphatic carbocycles. The minimum Gasteiger partial charge on any atom is -0.324 e. The second-order valence-corrected chi connectivity index (χ2v) is 5.16. The quantitative estimate of drug-likeness (QED) is 0.879. The number of nitrogens with zero attached hydrogens (tertiary/aromatic N) is 4. The molecule has 0 bridgehead atoms. The molecule has 2 aromatic rings. The molecule has 92 valence electrons. The van der Waals surface area contributed by atoms with Crippen LogP contribution in [0.4, 0.5) is 6.01 Å². The lowest BCUT2D eigenvalue weighted by Gasteiger charge is -2.00. The van der Waals surface area contributed by atoms with Gasteiger partial charge in [0, 0.05) is 7.05 Å². The lowest BCUT2D eigenvalue weighted by molar-refractivity contribution is 0.429. The first kappa shape index (κ1) is 11.9. The number of imidazole rings is 1. The second-order valence-electron chi connectivity index (χ2n) is 3.20. The molecule has 8 nitrogen and oxygen atoms in total. The van der Waals surface area contributed by atoms with Gasteiger partial charge in [0.15, 0.2) is 5.82 Å². The Morgan fingerprint density at radius 2 is 2.24 bits per heavy atom. The third-order valence-electron chi connectivity index (χ3n) is 1.84. The molecule has 0 fully saturated rings. The number of sulfonamides is 1. The average Bonchev–Trinajstić information content (AvgIpc) is 2.75. The number of rotatable bonds is 3. The number of halogens is 1. The van der Waals surface area contributed by atoms with E-state index in [1.807, 2.05) is 0 Å². The van der Waals surface area contributed by atoms with Gasteiger partial charge in [-0.1, -0.05) is 16.8 Å². The van der Waals surface area contributed by atoms with Gasteiger partial charge in [-0.2, -0.15) is 13.4 Å². The highest BCUT2D eigenvalue weighted by atomic mass is 35.5. The molecule has 0 unspecified atom stereocenters. The molecule has 2 rings (SSSR count). The smallest absolute Gasteiger partial charge is 0.324 e. The van der Waals surface area contributed by atoms with Gasteiger partial charge in [-0.3, -0.25) is 0 Å². The summed E-state index contributed by atoms with van der Waals surface area (Å²) in [7, 11) is -2.35. The van der Waals surface area contributed by atoms with E-state index in [2.05, 4.69) is 24.4 Å². The molecule has 17 heavy (non-hydrogen) atoms. The Labute approximate surface area is 102 Å². The molecule has 0 saturated heterocycles. The van der Waals surface area contributed by atoms with Crippen molar-refractivity contribution in [2.24, 2.45) is 7.05 Å². The number of aromatic nitrogens is 4. The van der Waals surface area contributed by atoms with Gasteiger partial charge in [0.25, 0.3) is 10.0 Å². The highest BCUT2D eigenvalue weighted by molar-refractivity contribution is 7.92. The summed E-state index contributed by atoms with van der Waals surface area (Å²) >= 11 is 5.78. The Morgan fingerprint density at radius 3 is 2.71 bits per heavy atom. The summed E-state index contributed by atoms with van der Waals surface area (Å²) in [6, 6.07) is -0.232. The van der Waals surface area contributed by atoms with Crippen LogP contribution in [-0.4, -0.2) is 28.1 Å². The number of hydrogen-bond acceptors (Lipinski definition) is 6. The lowest BCUT2D eigenvalue weighted by Crippen LogP contribution is -2.14. The SMILES string of the molecule is Cc1noc(NS(=O)(=O)c2ncn(C)c2Cl)n1. The molecule has 0 aliphatic rings. The monoisotopic (exact) mass is 277 g/mol. The van der Waals surface area contributed by atoms with Crippen molar-refractivity contribution < 1.29 is 12.9 Å². The average molecular weight is 278 g/mol. The minimum atomic E-state index is -3.92. The third kappa shape index (κ3) is 2.24. The minimum absolute atomic E-state index is 0.00580. The van der Waals surface area contributed by atoms with Crippen LogP contribution in [0.3, 0.4) is 0 Å². The van der Waals surface area contributed by atoms with Crippen LogP contribution in [0.1, 0.15) is 5.82 Å². The van der Waals surface area contributed by atoms with E-state index in [9.17, 15) is 8.42 Å². The van der Waals surface area contributed by atoms with Crippen LogP contribution in [-0.2, 0) is 17.1 Å². The Bertz CT molecular complexity index is 646. The van der Waals surface area contributed by atoms with Gasteiger partial charge in [-0.05, 0) is 6.92 Å². The molecule has 2 heterocycles. The molecule has 0 atom stereocenters. The van der Waals surface area contributed by atoms with Crippen LogP contribution >= 0.6 is 11.6 Å². The standard InChI is InChI=1S/C7H8ClN5O3S/c1-4-10-7(16-11-4)12-17(14,15)6-5(8)13(2)3-9-6/h3H,1-2H3,(H,10,11,12). The Kier molecular flexibility index (Phi) is 2.79. The summed E-state index contributed by atoms with van der Waals surface area (Å²) in [6.45, 7) is 1.56. The number of aryl methyl sites for hydroxylation is 2. The summed E-state index contributed by atoms with van der Waals surface area (Å²) in [5.74, 6) is 0.315. The Hall–Kier alpha value is -1.61. The van der Waals surface area contributed by atoms with Gasteiger partial charge in [0.2, 0.25) is 5.03 Å². The molecule has 10 heteroatoms. The summed E-state index contributed by atoms with van der Waals surface area (Å²) in [5.41, 5.74) is 0. The molecule has 1 N–H and O–H groups in total. The van der Waals surface area contributed by atoms with Crippen LogP contribution in [0.25, 0.3) is 0 Å². The summed E-state index contributed by atoms with van der Waals surface area (Å²) in [5, 5.41) is 3.15. The third-order valence-corrected chi connectivity index (χ3v) is 3.65. The van der Waals surface area contributed by atoms with Crippen molar-refractivity contribution in [2.75, 3.05) is 4.72 Å². The van der Waals surface area contributed by atoms with Gasteiger partial charge >= 0.3 is 6.01 Å². The van der Waals surface area contributed by atoms with E-state index in [-0.39, 0.29) is 16.2 Å². The van der Waals surface area contributed by atoms with Crippen molar-refractivity contribution in [3.05, 3.63) is 17.3 Å². The van der Waals surface area contributed by atoms with E-state index in [4.69, 9.17) is 11.6 Å². The molecule has 2 aromatic heterocycles. The maximum absolute atomic E-state index is 11.8. The van der Waals surface area contributed by atoms with Crippen molar-refractivity contribution in [3.63, 3.8) is 0 Å². The van der Waals surface area contributed by atoms with Crippen molar-refractivity contribution >= 4 is 27.6 Å². The van der Waals surface area contributed by atoms with Crippen LogP contribution < -0.4 is 4.72 Å². The first-order chi connectivity index (χ1) is 7.90. The molecule has 0 aromatic carbocycles. The van der Waals surface area contributed by atoms with Crippen molar-refractivity contribution in [1.82, 2.24) is 19.7 Å². The Balaban J connectivity index is 2.34. The predicted molar refractivity (Wildman–Crippen MR) is 58.1 cm³/mol. The fourth-order valence-electron chi connectivity index (χ4n) is 1.08. The van der Waals surface area contributed by atoms with Crippen LogP contribution in [0, 0.1) is 6.92 Å². The first-order valence-electron chi connectivity index (χ1n) is 4.40. The van der Waals surface area contributed by atoms with Crippen LogP contribution in [0.5, 0.6) is 0 Å². The Morgan fingerprint density at radius 1 is 1.53 bits per heavy atom. The van der Waals surface area contributed by atoms with Gasteiger partial charge in [-0.15, -0.1) is 0 Å². The van der Waals surface area contributed by atoms with Crippen LogP contribution in [0.2, 0.25) is 5.15 Å². The first-order valence-corrected chi connectivity index (χ1v) is 6.26. The highest BCUT2D eigenvalue weighted by Gasteiger charge is 2.24. The zero-order valence-corrected chi connectivity index (χ0v) is 10.4. The van der Waals surface area contributed by atoms with E-state index in [0.29, 0.717) is 5.82 Å². The number of hydrogen-bond donors (Lipinski definition) is 1. The maximum Gasteiger partial charge on any atom is 0.335 e. The molecule has 0 spiro atoms. The summed E-state index contributed by atoms with van der Waals surface area (Å²) in [6.07, 6.45) is 1.29. The fraction of sp³-hybridized carbons (Fsp3) is 0.286. The molecular formula is C7H8ClN5O3S. The normalized spacial score (nSPS) is 11.7. The van der Waals surface area contributed by atoms with E-state index in [1.54, 1.807) is 14.0 Å². The largest absolute Gasteiger partial charge is 0.335 e. The summed E-state index contributed by atoms with van der Waals surface area (Å²) < 4.78 is 31.8. The molecule has 0 saturated carbocycles. The molecule has 0 amide bonds. The molecular weight excluding hydrogens is 270 g/mol. The van der Waals surface area contributed by atoms with Crippen molar-refractivity contribution in [2.45, 2.75) is 11.9 Å². The van der Waals surface area contributed by atoms with Crippen molar-refractivity contribution in [3.8, 4) is 0 Å². The zero-order chi connectivity index (χ0) is 12.6. The van der Waals surface area contributed by atoms with Gasteiger partial charge in [-0.25, -0.2) is 9.71 Å². The lowest BCUT2D eigenvalue weighted by atomic mass is 10.8. The van der Waals surface area contributed by atoms with E-state index < -0.39 is 10.0 Å². The fourth-order valence-corrected chi connectivity index (χ4v) is 2.43. The van der Waals surface area contributed by atoms with Crippen LogP contribution in [0.15, 0.2) is 15.9 Å². The highest BCUT2D eigenvalue weighted by Crippen LogP contribution is 2.20. The summed E-state index contributed by atoms with van der Waals surface area (Å²) in [4.78, 5) is 7.39.